The van der Waals surface area contributed by atoms with E-state index in [0.29, 0.717) is 5.69 Å². The number of carbonyl (C=O) groups is 2. The maximum Gasteiger partial charge on any atom is 0.347 e. The SMILES string of the molecule is CCOC(=O)C1=C(Nc2ccc3cc(CO)ccc3c2)OCC1=O. The molecule has 0 spiro atoms. The van der Waals surface area contributed by atoms with Crippen LogP contribution in [0.1, 0.15) is 12.5 Å². The van der Waals surface area contributed by atoms with E-state index in [4.69, 9.17) is 9.47 Å². The number of aliphatic hydroxyl groups excluding tert-OH is 1. The molecular formula is C18H17NO5. The number of ether oxygens (including phenoxy) is 2. The fourth-order valence-corrected chi connectivity index (χ4v) is 2.52. The number of aliphatic hydroxyl groups is 1. The predicted molar refractivity (Wildman–Crippen MR) is 88.1 cm³/mol. The van der Waals surface area contributed by atoms with E-state index in [1.165, 1.54) is 0 Å². The number of esters is 1. The first-order valence-corrected chi connectivity index (χ1v) is 7.60. The normalized spacial score (nSPS) is 14.0. The molecule has 1 aliphatic heterocycles. The molecule has 0 amide bonds. The maximum atomic E-state index is 11.9. The molecule has 3 rings (SSSR count). The molecule has 1 heterocycles. The average Bonchev–Trinajstić information content (AvgIpc) is 2.95. The molecule has 2 N–H and O–H groups in total. The van der Waals surface area contributed by atoms with E-state index in [9.17, 15) is 14.7 Å². The minimum atomic E-state index is -0.684. The summed E-state index contributed by atoms with van der Waals surface area (Å²) in [6.07, 6.45) is 0. The first kappa shape index (κ1) is 16.0. The lowest BCUT2D eigenvalue weighted by atomic mass is 10.1. The molecule has 1 aliphatic rings. The lowest BCUT2D eigenvalue weighted by Gasteiger charge is -2.10. The van der Waals surface area contributed by atoms with Gasteiger partial charge in [-0.15, -0.1) is 0 Å². The Labute approximate surface area is 138 Å². The molecule has 2 aromatic carbocycles. The molecule has 2 aromatic rings. The lowest BCUT2D eigenvalue weighted by molar-refractivity contribution is -0.139. The van der Waals surface area contributed by atoms with Crippen LogP contribution in [0.2, 0.25) is 0 Å². The molecule has 0 fully saturated rings. The molecule has 124 valence electrons. The van der Waals surface area contributed by atoms with Gasteiger partial charge < -0.3 is 19.9 Å². The third-order valence-electron chi connectivity index (χ3n) is 3.68. The van der Waals surface area contributed by atoms with E-state index < -0.39 is 11.8 Å². The van der Waals surface area contributed by atoms with E-state index in [2.05, 4.69) is 5.32 Å². The number of anilines is 1. The number of benzene rings is 2. The number of carbonyl (C=O) groups excluding carboxylic acids is 2. The Bertz CT molecular complexity index is 840. The van der Waals surface area contributed by atoms with Crippen molar-refractivity contribution in [3.63, 3.8) is 0 Å². The fraction of sp³-hybridized carbons (Fsp3) is 0.222. The molecule has 0 aromatic heterocycles. The number of ketones is 1. The number of fused-ring (bicyclic) bond motifs is 1. The van der Waals surface area contributed by atoms with Crippen LogP contribution >= 0.6 is 0 Å². The van der Waals surface area contributed by atoms with Crippen LogP contribution in [0.3, 0.4) is 0 Å². The summed E-state index contributed by atoms with van der Waals surface area (Å²) in [5.41, 5.74) is 1.43. The summed E-state index contributed by atoms with van der Waals surface area (Å²) in [7, 11) is 0. The van der Waals surface area contributed by atoms with Crippen LogP contribution in [0.25, 0.3) is 10.8 Å². The third-order valence-corrected chi connectivity index (χ3v) is 3.68. The molecule has 0 radical (unpaired) electrons. The summed E-state index contributed by atoms with van der Waals surface area (Å²) in [6.45, 7) is 1.67. The topological polar surface area (TPSA) is 84.9 Å². The van der Waals surface area contributed by atoms with Crippen LogP contribution in [-0.2, 0) is 25.7 Å². The summed E-state index contributed by atoms with van der Waals surface area (Å²) in [5.74, 6) is -0.968. The second-order valence-electron chi connectivity index (χ2n) is 5.32. The van der Waals surface area contributed by atoms with Crippen LogP contribution in [-0.4, -0.2) is 30.1 Å². The van der Waals surface area contributed by atoms with Gasteiger partial charge in [0.1, 0.15) is 0 Å². The van der Waals surface area contributed by atoms with Gasteiger partial charge in [0.15, 0.2) is 12.2 Å². The molecule has 0 saturated heterocycles. The highest BCUT2D eigenvalue weighted by Crippen LogP contribution is 2.25. The van der Waals surface area contributed by atoms with Gasteiger partial charge in [0.05, 0.1) is 13.2 Å². The summed E-state index contributed by atoms with van der Waals surface area (Å²) >= 11 is 0. The Morgan fingerprint density at radius 2 is 2.00 bits per heavy atom. The summed E-state index contributed by atoms with van der Waals surface area (Å²) in [6, 6.07) is 11.2. The van der Waals surface area contributed by atoms with Crippen molar-refractivity contribution < 1.29 is 24.2 Å². The van der Waals surface area contributed by atoms with Crippen molar-refractivity contribution >= 4 is 28.2 Å². The van der Waals surface area contributed by atoms with Crippen molar-refractivity contribution in [2.24, 2.45) is 0 Å². The van der Waals surface area contributed by atoms with Crippen LogP contribution < -0.4 is 5.32 Å². The van der Waals surface area contributed by atoms with Gasteiger partial charge in [-0.1, -0.05) is 18.2 Å². The molecule has 6 nitrogen and oxygen atoms in total. The minimum Gasteiger partial charge on any atom is -0.470 e. The first-order valence-electron chi connectivity index (χ1n) is 7.60. The standard InChI is InChI=1S/C18H17NO5/c1-2-23-18(22)16-15(21)10-24-17(16)19-14-6-5-12-7-11(9-20)3-4-13(12)8-14/h3-8,19-20H,2,9-10H2,1H3. The number of Topliss-reactive ketones (excluding diaryl/α,β-unsaturated/α-hetero) is 1. The predicted octanol–water partition coefficient (Wildman–Crippen LogP) is 2.12. The van der Waals surface area contributed by atoms with Crippen LogP contribution in [0.5, 0.6) is 0 Å². The highest BCUT2D eigenvalue weighted by molar-refractivity contribution is 6.19. The molecule has 0 aliphatic carbocycles. The Morgan fingerprint density at radius 3 is 2.75 bits per heavy atom. The maximum absolute atomic E-state index is 11.9. The highest BCUT2D eigenvalue weighted by atomic mass is 16.5. The molecule has 0 unspecified atom stereocenters. The van der Waals surface area contributed by atoms with Crippen molar-refractivity contribution in [3.05, 3.63) is 53.4 Å². The Morgan fingerprint density at radius 1 is 1.25 bits per heavy atom. The molecular weight excluding hydrogens is 310 g/mol. The fourth-order valence-electron chi connectivity index (χ4n) is 2.52. The Hall–Kier alpha value is -2.86. The summed E-state index contributed by atoms with van der Waals surface area (Å²) < 4.78 is 10.2. The van der Waals surface area contributed by atoms with Gasteiger partial charge in [0, 0.05) is 5.69 Å². The monoisotopic (exact) mass is 327 g/mol. The van der Waals surface area contributed by atoms with Crippen molar-refractivity contribution in [1.82, 2.24) is 0 Å². The van der Waals surface area contributed by atoms with Gasteiger partial charge in [0.2, 0.25) is 11.7 Å². The highest BCUT2D eigenvalue weighted by Gasteiger charge is 2.32. The minimum absolute atomic E-state index is 0.0122. The van der Waals surface area contributed by atoms with E-state index in [-0.39, 0.29) is 31.3 Å². The number of hydrogen-bond donors (Lipinski definition) is 2. The molecule has 0 bridgehead atoms. The van der Waals surface area contributed by atoms with Gasteiger partial charge in [-0.05, 0) is 41.5 Å². The van der Waals surface area contributed by atoms with Crippen molar-refractivity contribution in [1.29, 1.82) is 0 Å². The number of hydrogen-bond acceptors (Lipinski definition) is 6. The second kappa shape index (κ2) is 6.72. The Balaban J connectivity index is 1.90. The van der Waals surface area contributed by atoms with Gasteiger partial charge in [0.25, 0.3) is 0 Å². The average molecular weight is 327 g/mol. The van der Waals surface area contributed by atoms with Gasteiger partial charge in [-0.2, -0.15) is 0 Å². The van der Waals surface area contributed by atoms with E-state index in [1.807, 2.05) is 36.4 Å². The number of rotatable bonds is 5. The van der Waals surface area contributed by atoms with Crippen molar-refractivity contribution in [3.8, 4) is 0 Å². The summed E-state index contributed by atoms with van der Waals surface area (Å²) in [5, 5.41) is 14.1. The smallest absolute Gasteiger partial charge is 0.347 e. The van der Waals surface area contributed by atoms with Crippen molar-refractivity contribution in [2.75, 3.05) is 18.5 Å². The quantitative estimate of drug-likeness (QED) is 0.646. The molecule has 24 heavy (non-hydrogen) atoms. The zero-order valence-corrected chi connectivity index (χ0v) is 13.2. The molecule has 0 saturated carbocycles. The van der Waals surface area contributed by atoms with Crippen LogP contribution in [0.4, 0.5) is 5.69 Å². The Kier molecular flexibility index (Phi) is 4.48. The van der Waals surface area contributed by atoms with Crippen LogP contribution in [0, 0.1) is 0 Å². The van der Waals surface area contributed by atoms with Crippen LogP contribution in [0.15, 0.2) is 47.9 Å². The largest absolute Gasteiger partial charge is 0.470 e. The molecule has 0 atom stereocenters. The first-order chi connectivity index (χ1) is 11.6. The van der Waals surface area contributed by atoms with Gasteiger partial charge >= 0.3 is 5.97 Å². The van der Waals surface area contributed by atoms with E-state index >= 15 is 0 Å². The zero-order valence-electron chi connectivity index (χ0n) is 13.2. The van der Waals surface area contributed by atoms with Crippen molar-refractivity contribution in [2.45, 2.75) is 13.5 Å². The number of nitrogens with one attached hydrogen (secondary N) is 1. The molecule has 6 heteroatoms. The van der Waals surface area contributed by atoms with Gasteiger partial charge in [-0.25, -0.2) is 4.79 Å². The zero-order chi connectivity index (χ0) is 17.1. The second-order valence-corrected chi connectivity index (χ2v) is 5.32. The summed E-state index contributed by atoms with van der Waals surface area (Å²) in [4.78, 5) is 23.7. The lowest BCUT2D eigenvalue weighted by Crippen LogP contribution is -2.16. The van der Waals surface area contributed by atoms with E-state index in [1.54, 1.807) is 6.92 Å². The third kappa shape index (κ3) is 3.09. The van der Waals surface area contributed by atoms with E-state index in [0.717, 1.165) is 16.3 Å². The van der Waals surface area contributed by atoms with Gasteiger partial charge in [-0.3, -0.25) is 4.79 Å².